The second-order valence-corrected chi connectivity index (χ2v) is 11.3. The van der Waals surface area contributed by atoms with Gasteiger partial charge in [-0.25, -0.2) is 9.97 Å². The van der Waals surface area contributed by atoms with Crippen molar-refractivity contribution in [3.8, 4) is 11.1 Å². The number of hydrogen-bond acceptors (Lipinski definition) is 2. The fourth-order valence-corrected chi connectivity index (χ4v) is 5.85. The van der Waals surface area contributed by atoms with E-state index in [1.54, 1.807) is 6.20 Å². The van der Waals surface area contributed by atoms with Crippen LogP contribution >= 0.6 is 0 Å². The molecular formula is C33H51FN2. The van der Waals surface area contributed by atoms with Crippen LogP contribution in [0, 0.1) is 17.8 Å². The van der Waals surface area contributed by atoms with Crippen molar-refractivity contribution in [2.24, 2.45) is 11.8 Å². The lowest BCUT2D eigenvalue weighted by molar-refractivity contribution is 0.248. The van der Waals surface area contributed by atoms with Crippen LogP contribution in [0.3, 0.4) is 0 Å². The summed E-state index contributed by atoms with van der Waals surface area (Å²) in [6, 6.07) is 8.34. The number of benzene rings is 1. The van der Waals surface area contributed by atoms with Gasteiger partial charge in [-0.1, -0.05) is 134 Å². The molecule has 1 aromatic carbocycles. The summed E-state index contributed by atoms with van der Waals surface area (Å²) in [6.45, 7) is 4.55. The van der Waals surface area contributed by atoms with Crippen molar-refractivity contribution in [2.45, 2.75) is 136 Å². The Labute approximate surface area is 220 Å². The minimum atomic E-state index is -0.379. The lowest BCUT2D eigenvalue weighted by Gasteiger charge is -2.28. The van der Waals surface area contributed by atoms with E-state index in [9.17, 15) is 4.39 Å². The Morgan fingerprint density at radius 2 is 1.28 bits per heavy atom. The van der Waals surface area contributed by atoms with E-state index in [1.807, 2.05) is 12.1 Å². The summed E-state index contributed by atoms with van der Waals surface area (Å²) in [5.74, 6) is 1.97. The van der Waals surface area contributed by atoms with Crippen LogP contribution in [0.1, 0.15) is 134 Å². The molecule has 1 fully saturated rings. The minimum absolute atomic E-state index is 0.379. The molecule has 2 nitrogen and oxygen atoms in total. The molecule has 0 unspecified atom stereocenters. The molecule has 1 aliphatic carbocycles. The van der Waals surface area contributed by atoms with Gasteiger partial charge in [-0.3, -0.25) is 0 Å². The first-order valence-corrected chi connectivity index (χ1v) is 15.3. The van der Waals surface area contributed by atoms with E-state index in [1.165, 1.54) is 108 Å². The predicted molar refractivity (Wildman–Crippen MR) is 152 cm³/mol. The molecule has 36 heavy (non-hydrogen) atoms. The van der Waals surface area contributed by atoms with Crippen molar-refractivity contribution in [1.82, 2.24) is 9.97 Å². The summed E-state index contributed by atoms with van der Waals surface area (Å²) in [6.07, 6.45) is 26.3. The monoisotopic (exact) mass is 494 g/mol. The lowest BCUT2D eigenvalue weighted by Crippen LogP contribution is -2.15. The molecule has 0 atom stereocenters. The smallest absolute Gasteiger partial charge is 0.224 e. The topological polar surface area (TPSA) is 25.8 Å². The lowest BCUT2D eigenvalue weighted by atomic mass is 9.78. The number of aryl methyl sites for hydroxylation is 2. The second-order valence-electron chi connectivity index (χ2n) is 11.3. The third kappa shape index (κ3) is 10.3. The van der Waals surface area contributed by atoms with Gasteiger partial charge in [-0.05, 0) is 42.2 Å². The summed E-state index contributed by atoms with van der Waals surface area (Å²) < 4.78 is 14.8. The zero-order valence-corrected chi connectivity index (χ0v) is 23.2. The first-order valence-electron chi connectivity index (χ1n) is 15.3. The highest BCUT2D eigenvalue weighted by atomic mass is 19.1. The van der Waals surface area contributed by atoms with Crippen molar-refractivity contribution >= 4 is 0 Å². The van der Waals surface area contributed by atoms with Gasteiger partial charge in [-0.2, -0.15) is 4.39 Å². The van der Waals surface area contributed by atoms with Gasteiger partial charge in [0.25, 0.3) is 0 Å². The first-order chi connectivity index (χ1) is 17.7. The Morgan fingerprint density at radius 3 is 1.92 bits per heavy atom. The van der Waals surface area contributed by atoms with Crippen molar-refractivity contribution in [1.29, 1.82) is 0 Å². The van der Waals surface area contributed by atoms with Crippen LogP contribution in [0.2, 0.25) is 0 Å². The summed E-state index contributed by atoms with van der Waals surface area (Å²) in [4.78, 5) is 8.77. The molecule has 0 amide bonds. The number of unbranched alkanes of at least 4 members (excludes halogenated alkanes) is 9. The normalized spacial score (nSPS) is 18.0. The van der Waals surface area contributed by atoms with Crippen LogP contribution in [0.5, 0.6) is 0 Å². The van der Waals surface area contributed by atoms with Gasteiger partial charge in [0.05, 0.1) is 5.56 Å². The van der Waals surface area contributed by atoms with Gasteiger partial charge >= 0.3 is 0 Å². The van der Waals surface area contributed by atoms with E-state index in [4.69, 9.17) is 0 Å². The first kappa shape index (κ1) is 28.8. The predicted octanol–water partition coefficient (Wildman–Crippen LogP) is 10.3. The third-order valence-electron chi connectivity index (χ3n) is 8.33. The van der Waals surface area contributed by atoms with E-state index in [2.05, 4.69) is 35.9 Å². The van der Waals surface area contributed by atoms with E-state index in [-0.39, 0.29) is 5.95 Å². The van der Waals surface area contributed by atoms with E-state index >= 15 is 0 Å². The zero-order chi connectivity index (χ0) is 25.4. The number of rotatable bonds is 17. The molecule has 2 aromatic rings. The molecule has 0 radical (unpaired) electrons. The Bertz CT molecular complexity index is 839. The molecule has 3 rings (SSSR count). The quantitative estimate of drug-likeness (QED) is 0.161. The molecule has 1 aliphatic rings. The Morgan fingerprint density at radius 1 is 0.694 bits per heavy atom. The Hall–Kier alpha value is -1.77. The maximum absolute atomic E-state index is 14.8. The van der Waals surface area contributed by atoms with Crippen LogP contribution in [0.4, 0.5) is 4.39 Å². The number of nitrogens with zero attached hydrogens (tertiary/aromatic N) is 2. The number of hydrogen-bond donors (Lipinski definition) is 0. The van der Waals surface area contributed by atoms with Gasteiger partial charge in [0.2, 0.25) is 5.95 Å². The summed E-state index contributed by atoms with van der Waals surface area (Å²) in [7, 11) is 0. The summed E-state index contributed by atoms with van der Waals surface area (Å²) >= 11 is 0. The summed E-state index contributed by atoms with van der Waals surface area (Å²) in [5, 5.41) is 0. The molecule has 0 bridgehead atoms. The molecule has 200 valence electrons. The molecule has 0 spiro atoms. The molecule has 3 heteroatoms. The molecule has 0 aliphatic heterocycles. The molecule has 1 saturated carbocycles. The van der Waals surface area contributed by atoms with E-state index in [0.717, 1.165) is 36.7 Å². The van der Waals surface area contributed by atoms with Crippen LogP contribution in [-0.4, -0.2) is 9.97 Å². The van der Waals surface area contributed by atoms with Gasteiger partial charge in [0.15, 0.2) is 0 Å². The van der Waals surface area contributed by atoms with Crippen molar-refractivity contribution in [2.75, 3.05) is 0 Å². The highest BCUT2D eigenvalue weighted by molar-refractivity contribution is 5.62. The Balaban J connectivity index is 1.37. The fourth-order valence-electron chi connectivity index (χ4n) is 5.85. The van der Waals surface area contributed by atoms with Gasteiger partial charge in [-0.15, -0.1) is 0 Å². The number of halogens is 1. The third-order valence-corrected chi connectivity index (χ3v) is 8.33. The number of aromatic nitrogens is 2. The van der Waals surface area contributed by atoms with E-state index in [0.29, 0.717) is 11.4 Å². The van der Waals surface area contributed by atoms with Gasteiger partial charge in [0, 0.05) is 12.6 Å². The van der Waals surface area contributed by atoms with Crippen molar-refractivity contribution in [3.63, 3.8) is 0 Å². The molecule has 0 saturated heterocycles. The average Bonchev–Trinajstić information content (AvgIpc) is 2.90. The average molecular weight is 495 g/mol. The van der Waals surface area contributed by atoms with Crippen molar-refractivity contribution in [3.05, 3.63) is 47.8 Å². The largest absolute Gasteiger partial charge is 0.241 e. The summed E-state index contributed by atoms with van der Waals surface area (Å²) in [5.41, 5.74) is 2.73. The molecular weight excluding hydrogens is 443 g/mol. The highest BCUT2D eigenvalue weighted by Crippen LogP contribution is 2.34. The van der Waals surface area contributed by atoms with Crippen LogP contribution < -0.4 is 0 Å². The Kier molecular flexibility index (Phi) is 13.5. The molecule has 1 aromatic heterocycles. The fraction of sp³-hybridized carbons (Fsp3) is 0.697. The molecule has 1 heterocycles. The van der Waals surface area contributed by atoms with Crippen LogP contribution in [-0.2, 0) is 12.8 Å². The van der Waals surface area contributed by atoms with Crippen molar-refractivity contribution < 1.29 is 4.39 Å². The maximum atomic E-state index is 14.8. The minimum Gasteiger partial charge on any atom is -0.241 e. The maximum Gasteiger partial charge on any atom is 0.224 e. The van der Waals surface area contributed by atoms with Gasteiger partial charge < -0.3 is 0 Å². The van der Waals surface area contributed by atoms with E-state index < -0.39 is 0 Å². The van der Waals surface area contributed by atoms with Gasteiger partial charge in [0.1, 0.15) is 5.82 Å². The highest BCUT2D eigenvalue weighted by Gasteiger charge is 2.21. The SMILES string of the molecule is CCCCCCCCCCc1ccc(-c2cnc(CCC3CCC(CCCCC)CC3)nc2F)cc1. The standard InChI is InChI=1S/C33H51FN2/c1-3-5-7-8-9-10-11-13-15-28-20-23-30(24-21-28)31-26-35-32(36-33(31)34)25-22-29-18-16-27(17-19-29)14-12-6-4-2/h20-21,23-24,26-27,29H,3-19,22,25H2,1-2H3. The second kappa shape index (κ2) is 16.9. The molecule has 0 N–H and O–H groups in total. The van der Waals surface area contributed by atoms with Crippen LogP contribution in [0.25, 0.3) is 11.1 Å². The van der Waals surface area contributed by atoms with Crippen LogP contribution in [0.15, 0.2) is 30.5 Å². The zero-order valence-electron chi connectivity index (χ0n) is 23.2.